The number of carbonyl (C=O) groups is 1. The van der Waals surface area contributed by atoms with Gasteiger partial charge in [0.1, 0.15) is 5.75 Å². The van der Waals surface area contributed by atoms with E-state index in [9.17, 15) is 4.79 Å². The Labute approximate surface area is 70.0 Å². The predicted octanol–water partition coefficient (Wildman–Crippen LogP) is 0.289. The van der Waals surface area contributed by atoms with Gasteiger partial charge in [-0.15, -0.1) is 0 Å². The van der Waals surface area contributed by atoms with Crippen LogP contribution in [0, 0.1) is 0 Å². The van der Waals surface area contributed by atoms with Crippen LogP contribution < -0.4 is 11.1 Å². The summed E-state index contributed by atoms with van der Waals surface area (Å²) in [7, 11) is 0. The van der Waals surface area contributed by atoms with Gasteiger partial charge in [-0.25, -0.2) is 0 Å². The molecule has 4 N–H and O–H groups in total. The maximum absolute atomic E-state index is 10.4. The van der Waals surface area contributed by atoms with Crippen LogP contribution in [0.3, 0.4) is 0 Å². The zero-order chi connectivity index (χ0) is 8.97. The lowest BCUT2D eigenvalue weighted by atomic mass is 10.3. The molecule has 0 aromatic heterocycles. The van der Waals surface area contributed by atoms with Crippen molar-refractivity contribution in [1.82, 2.24) is 0 Å². The number of nitrogens with two attached hydrogens (primary N) is 1. The Morgan fingerprint density at radius 3 is 2.92 bits per heavy atom. The van der Waals surface area contributed by atoms with Gasteiger partial charge in [0.25, 0.3) is 0 Å². The van der Waals surface area contributed by atoms with Crippen LogP contribution in [0.15, 0.2) is 24.3 Å². The first-order chi connectivity index (χ1) is 5.68. The zero-order valence-electron chi connectivity index (χ0n) is 6.45. The molecule has 12 heavy (non-hydrogen) atoms. The third-order valence-electron chi connectivity index (χ3n) is 1.31. The molecule has 0 saturated heterocycles. The summed E-state index contributed by atoms with van der Waals surface area (Å²) in [5.41, 5.74) is 5.59. The van der Waals surface area contributed by atoms with Crippen LogP contribution >= 0.6 is 0 Å². The molecule has 0 bridgehead atoms. The topological polar surface area (TPSA) is 75.4 Å². The number of primary amides is 1. The van der Waals surface area contributed by atoms with Crippen molar-refractivity contribution >= 4 is 11.6 Å². The Hall–Kier alpha value is -1.71. The van der Waals surface area contributed by atoms with E-state index >= 15 is 0 Å². The number of benzene rings is 1. The number of phenolic OH excluding ortho intramolecular Hbond substituents is 1. The molecule has 0 aliphatic heterocycles. The highest BCUT2D eigenvalue weighted by Crippen LogP contribution is 2.14. The van der Waals surface area contributed by atoms with Crippen molar-refractivity contribution in [2.45, 2.75) is 0 Å². The quantitative estimate of drug-likeness (QED) is 0.604. The first-order valence-corrected chi connectivity index (χ1v) is 3.49. The largest absolute Gasteiger partial charge is 0.508 e. The summed E-state index contributed by atoms with van der Waals surface area (Å²) >= 11 is 0. The number of hydrogen-bond acceptors (Lipinski definition) is 3. The summed E-state index contributed by atoms with van der Waals surface area (Å²) in [6.45, 7) is 0.0729. The first kappa shape index (κ1) is 8.39. The van der Waals surface area contributed by atoms with Crippen molar-refractivity contribution in [3.8, 4) is 5.75 Å². The molecule has 4 heteroatoms. The standard InChI is InChI=1S/C8H10N2O2/c9-8(12)5-10-6-2-1-3-7(11)4-6/h1-4,10-11H,5H2,(H2,9,12). The highest BCUT2D eigenvalue weighted by Gasteiger charge is 1.95. The lowest BCUT2D eigenvalue weighted by Crippen LogP contribution is -2.21. The van der Waals surface area contributed by atoms with Crippen molar-refractivity contribution in [2.75, 3.05) is 11.9 Å². The normalized spacial score (nSPS) is 9.33. The molecule has 1 aromatic rings. The van der Waals surface area contributed by atoms with E-state index in [4.69, 9.17) is 10.8 Å². The number of rotatable bonds is 3. The van der Waals surface area contributed by atoms with E-state index in [-0.39, 0.29) is 12.3 Å². The van der Waals surface area contributed by atoms with Crippen molar-refractivity contribution < 1.29 is 9.90 Å². The summed E-state index contributed by atoms with van der Waals surface area (Å²) in [6.07, 6.45) is 0. The maximum atomic E-state index is 10.4. The highest BCUT2D eigenvalue weighted by atomic mass is 16.3. The molecular formula is C8H10N2O2. The van der Waals surface area contributed by atoms with E-state index < -0.39 is 5.91 Å². The fourth-order valence-corrected chi connectivity index (χ4v) is 0.805. The van der Waals surface area contributed by atoms with Crippen LogP contribution in [0.2, 0.25) is 0 Å². The number of hydrogen-bond donors (Lipinski definition) is 3. The Kier molecular flexibility index (Phi) is 2.53. The SMILES string of the molecule is NC(=O)CNc1cccc(O)c1. The van der Waals surface area contributed by atoms with E-state index in [1.54, 1.807) is 18.2 Å². The fraction of sp³-hybridized carbons (Fsp3) is 0.125. The van der Waals surface area contributed by atoms with Crippen LogP contribution in [-0.2, 0) is 4.79 Å². The summed E-state index contributed by atoms with van der Waals surface area (Å²) in [4.78, 5) is 10.4. The Morgan fingerprint density at radius 1 is 1.58 bits per heavy atom. The van der Waals surface area contributed by atoms with Gasteiger partial charge >= 0.3 is 0 Å². The fourth-order valence-electron chi connectivity index (χ4n) is 0.805. The molecule has 0 atom stereocenters. The average Bonchev–Trinajstić information content (AvgIpc) is 2.01. The second-order valence-corrected chi connectivity index (χ2v) is 2.37. The third kappa shape index (κ3) is 2.49. The minimum atomic E-state index is -0.432. The average molecular weight is 166 g/mol. The Bertz CT molecular complexity index is 286. The second-order valence-electron chi connectivity index (χ2n) is 2.37. The molecule has 0 heterocycles. The van der Waals surface area contributed by atoms with Gasteiger partial charge in [0.15, 0.2) is 0 Å². The molecule has 1 aromatic carbocycles. The summed E-state index contributed by atoms with van der Waals surface area (Å²) < 4.78 is 0. The lowest BCUT2D eigenvalue weighted by molar-refractivity contribution is -0.116. The summed E-state index contributed by atoms with van der Waals surface area (Å²) in [5, 5.41) is 11.8. The van der Waals surface area contributed by atoms with Gasteiger partial charge in [-0.1, -0.05) is 6.07 Å². The van der Waals surface area contributed by atoms with Gasteiger partial charge in [0.05, 0.1) is 6.54 Å². The van der Waals surface area contributed by atoms with Crippen LogP contribution in [0.4, 0.5) is 5.69 Å². The van der Waals surface area contributed by atoms with Crippen LogP contribution in [0.1, 0.15) is 0 Å². The third-order valence-corrected chi connectivity index (χ3v) is 1.31. The molecular weight excluding hydrogens is 156 g/mol. The Morgan fingerprint density at radius 2 is 2.33 bits per heavy atom. The van der Waals surface area contributed by atoms with Crippen LogP contribution in [0.25, 0.3) is 0 Å². The van der Waals surface area contributed by atoms with Gasteiger partial charge in [0, 0.05) is 11.8 Å². The molecule has 0 saturated carbocycles. The maximum Gasteiger partial charge on any atom is 0.236 e. The smallest absolute Gasteiger partial charge is 0.236 e. The Balaban J connectivity index is 2.57. The van der Waals surface area contributed by atoms with Gasteiger partial charge in [-0.3, -0.25) is 4.79 Å². The summed E-state index contributed by atoms with van der Waals surface area (Å²) in [5.74, 6) is -0.275. The highest BCUT2D eigenvalue weighted by molar-refractivity contribution is 5.78. The van der Waals surface area contributed by atoms with Crippen molar-refractivity contribution in [3.63, 3.8) is 0 Å². The van der Waals surface area contributed by atoms with Crippen LogP contribution in [0.5, 0.6) is 5.75 Å². The van der Waals surface area contributed by atoms with Crippen molar-refractivity contribution in [2.24, 2.45) is 5.73 Å². The lowest BCUT2D eigenvalue weighted by Gasteiger charge is -2.02. The van der Waals surface area contributed by atoms with Gasteiger partial charge < -0.3 is 16.2 Å². The monoisotopic (exact) mass is 166 g/mol. The van der Waals surface area contributed by atoms with E-state index in [0.717, 1.165) is 0 Å². The van der Waals surface area contributed by atoms with E-state index in [1.165, 1.54) is 6.07 Å². The van der Waals surface area contributed by atoms with Crippen molar-refractivity contribution in [1.29, 1.82) is 0 Å². The molecule has 0 spiro atoms. The molecule has 0 radical (unpaired) electrons. The number of amides is 1. The minimum absolute atomic E-state index is 0.0729. The van der Waals surface area contributed by atoms with E-state index in [1.807, 2.05) is 0 Å². The van der Waals surface area contributed by atoms with E-state index in [2.05, 4.69) is 5.32 Å². The van der Waals surface area contributed by atoms with Gasteiger partial charge in [0.2, 0.25) is 5.91 Å². The number of phenols is 1. The first-order valence-electron chi connectivity index (χ1n) is 3.49. The predicted molar refractivity (Wildman–Crippen MR) is 45.8 cm³/mol. The van der Waals surface area contributed by atoms with Crippen LogP contribution in [-0.4, -0.2) is 17.6 Å². The molecule has 0 aliphatic rings. The van der Waals surface area contributed by atoms with Crippen molar-refractivity contribution in [3.05, 3.63) is 24.3 Å². The number of carbonyl (C=O) groups excluding carboxylic acids is 1. The molecule has 0 unspecified atom stereocenters. The molecule has 0 fully saturated rings. The number of nitrogens with one attached hydrogen (secondary N) is 1. The molecule has 64 valence electrons. The molecule has 0 aliphatic carbocycles. The molecule has 4 nitrogen and oxygen atoms in total. The molecule has 1 rings (SSSR count). The van der Waals surface area contributed by atoms with Gasteiger partial charge in [-0.05, 0) is 12.1 Å². The second kappa shape index (κ2) is 3.61. The minimum Gasteiger partial charge on any atom is -0.508 e. The number of aromatic hydroxyl groups is 1. The number of anilines is 1. The van der Waals surface area contributed by atoms with Gasteiger partial charge in [-0.2, -0.15) is 0 Å². The van der Waals surface area contributed by atoms with E-state index in [0.29, 0.717) is 5.69 Å². The summed E-state index contributed by atoms with van der Waals surface area (Å²) in [6, 6.07) is 6.49. The zero-order valence-corrected chi connectivity index (χ0v) is 6.45. The molecule has 1 amide bonds.